The summed E-state index contributed by atoms with van der Waals surface area (Å²) in [6.07, 6.45) is 1.69. The molecule has 0 saturated heterocycles. The molecule has 0 radical (unpaired) electrons. The Morgan fingerprint density at radius 2 is 1.63 bits per heavy atom. The molecular formula is C14H24N4O. The van der Waals surface area contributed by atoms with Crippen molar-refractivity contribution in [2.75, 3.05) is 24.3 Å². The molecule has 0 unspecified atom stereocenters. The highest BCUT2D eigenvalue weighted by Gasteiger charge is 2.17. The first-order valence-corrected chi connectivity index (χ1v) is 6.74. The number of nitrogens with one attached hydrogen (secondary N) is 1. The predicted octanol–water partition coefficient (Wildman–Crippen LogP) is 2.53. The van der Waals surface area contributed by atoms with Crippen LogP contribution in [-0.4, -0.2) is 30.0 Å². The van der Waals surface area contributed by atoms with E-state index >= 15 is 0 Å². The molecule has 1 amide bonds. The van der Waals surface area contributed by atoms with Gasteiger partial charge in [0.25, 0.3) is 0 Å². The zero-order valence-corrected chi connectivity index (χ0v) is 12.7. The molecule has 1 aromatic heterocycles. The molecule has 0 aromatic carbocycles. The van der Waals surface area contributed by atoms with Crippen LogP contribution in [0.25, 0.3) is 0 Å². The van der Waals surface area contributed by atoms with Gasteiger partial charge in [0, 0.05) is 20.0 Å². The summed E-state index contributed by atoms with van der Waals surface area (Å²) in [6, 6.07) is 0. The lowest BCUT2D eigenvalue weighted by molar-refractivity contribution is -0.120. The number of hydrogen-bond acceptors (Lipinski definition) is 4. The van der Waals surface area contributed by atoms with Crippen LogP contribution in [0.1, 0.15) is 38.1 Å². The van der Waals surface area contributed by atoms with Gasteiger partial charge in [0.05, 0.1) is 17.1 Å². The van der Waals surface area contributed by atoms with Crippen molar-refractivity contribution < 1.29 is 4.79 Å². The number of anilines is 2. The summed E-state index contributed by atoms with van der Waals surface area (Å²) in [5.74, 6) is 0.764. The van der Waals surface area contributed by atoms with E-state index in [1.165, 1.54) is 0 Å². The highest BCUT2D eigenvalue weighted by Crippen LogP contribution is 2.21. The maximum atomic E-state index is 12.1. The maximum absolute atomic E-state index is 12.1. The topological polar surface area (TPSA) is 58.1 Å². The predicted molar refractivity (Wildman–Crippen MR) is 78.5 cm³/mol. The monoisotopic (exact) mass is 264 g/mol. The van der Waals surface area contributed by atoms with Gasteiger partial charge in [0.15, 0.2) is 0 Å². The third-order valence-corrected chi connectivity index (χ3v) is 3.26. The minimum Gasteiger partial charge on any atom is -0.347 e. The molecule has 0 aliphatic heterocycles. The van der Waals surface area contributed by atoms with Crippen LogP contribution in [0.5, 0.6) is 0 Å². The Labute approximate surface area is 115 Å². The molecule has 1 N–H and O–H groups in total. The minimum absolute atomic E-state index is 0.0484. The van der Waals surface area contributed by atoms with Gasteiger partial charge in [-0.1, -0.05) is 13.8 Å². The van der Waals surface area contributed by atoms with Gasteiger partial charge in [-0.3, -0.25) is 4.79 Å². The number of hydrogen-bond donors (Lipinski definition) is 1. The van der Waals surface area contributed by atoms with Crippen LogP contribution in [0, 0.1) is 19.8 Å². The van der Waals surface area contributed by atoms with E-state index in [4.69, 9.17) is 0 Å². The van der Waals surface area contributed by atoms with Crippen LogP contribution in [-0.2, 0) is 4.79 Å². The fourth-order valence-electron chi connectivity index (χ4n) is 1.96. The number of rotatable bonds is 5. The molecule has 5 heteroatoms. The Hall–Kier alpha value is -1.65. The summed E-state index contributed by atoms with van der Waals surface area (Å²) in [6.45, 7) is 7.84. The molecule has 0 saturated carbocycles. The number of carbonyl (C=O) groups excluding carboxylic acids is 1. The van der Waals surface area contributed by atoms with E-state index < -0.39 is 0 Å². The average molecular weight is 264 g/mol. The lowest BCUT2D eigenvalue weighted by Crippen LogP contribution is -2.24. The SMILES string of the molecule is CCC(CC)C(=O)Nc1c(C)nc(N(C)C)nc1C. The molecule has 0 fully saturated rings. The van der Waals surface area contributed by atoms with Crippen molar-refractivity contribution in [1.82, 2.24) is 9.97 Å². The van der Waals surface area contributed by atoms with Crippen molar-refractivity contribution in [2.45, 2.75) is 40.5 Å². The Kier molecular flexibility index (Phi) is 5.27. The van der Waals surface area contributed by atoms with Crippen molar-refractivity contribution in [1.29, 1.82) is 0 Å². The van der Waals surface area contributed by atoms with Crippen molar-refractivity contribution in [3.63, 3.8) is 0 Å². The standard InChI is InChI=1S/C14H24N4O/c1-7-11(8-2)13(19)17-12-9(3)15-14(18(5)6)16-10(12)4/h11H,7-8H2,1-6H3,(H,17,19). The van der Waals surface area contributed by atoms with E-state index in [2.05, 4.69) is 15.3 Å². The summed E-state index contributed by atoms with van der Waals surface area (Å²) < 4.78 is 0. The van der Waals surface area contributed by atoms with Gasteiger partial charge in [0.2, 0.25) is 11.9 Å². The Morgan fingerprint density at radius 3 is 2.00 bits per heavy atom. The van der Waals surface area contributed by atoms with Gasteiger partial charge < -0.3 is 10.2 Å². The van der Waals surface area contributed by atoms with Gasteiger partial charge >= 0.3 is 0 Å². The Morgan fingerprint density at radius 1 is 1.16 bits per heavy atom. The second kappa shape index (κ2) is 6.50. The van der Waals surface area contributed by atoms with Crippen LogP contribution < -0.4 is 10.2 Å². The first-order chi connectivity index (χ1) is 8.90. The fourth-order valence-corrected chi connectivity index (χ4v) is 1.96. The van der Waals surface area contributed by atoms with Crippen molar-refractivity contribution in [2.24, 2.45) is 5.92 Å². The highest BCUT2D eigenvalue weighted by atomic mass is 16.1. The van der Waals surface area contributed by atoms with E-state index in [0.29, 0.717) is 5.95 Å². The van der Waals surface area contributed by atoms with Crippen LogP contribution in [0.4, 0.5) is 11.6 Å². The molecular weight excluding hydrogens is 240 g/mol. The quantitative estimate of drug-likeness (QED) is 0.888. The summed E-state index contributed by atoms with van der Waals surface area (Å²) in [5, 5.41) is 2.96. The molecule has 1 aromatic rings. The normalized spacial score (nSPS) is 10.7. The maximum Gasteiger partial charge on any atom is 0.227 e. The molecule has 0 spiro atoms. The Balaban J connectivity index is 2.99. The lowest BCUT2D eigenvalue weighted by Gasteiger charge is -2.18. The number of carbonyl (C=O) groups is 1. The number of aryl methyl sites for hydroxylation is 2. The van der Waals surface area contributed by atoms with E-state index in [-0.39, 0.29) is 11.8 Å². The van der Waals surface area contributed by atoms with Crippen LogP contribution in [0.15, 0.2) is 0 Å². The van der Waals surface area contributed by atoms with E-state index in [1.807, 2.05) is 46.7 Å². The van der Waals surface area contributed by atoms with E-state index in [9.17, 15) is 4.79 Å². The van der Waals surface area contributed by atoms with Gasteiger partial charge in [0.1, 0.15) is 0 Å². The lowest BCUT2D eigenvalue weighted by atomic mass is 10.0. The summed E-state index contributed by atoms with van der Waals surface area (Å²) in [4.78, 5) is 22.8. The molecule has 1 heterocycles. The average Bonchev–Trinajstić information content (AvgIpc) is 2.34. The van der Waals surface area contributed by atoms with Crippen molar-refractivity contribution >= 4 is 17.5 Å². The smallest absolute Gasteiger partial charge is 0.227 e. The van der Waals surface area contributed by atoms with Crippen LogP contribution >= 0.6 is 0 Å². The molecule has 0 atom stereocenters. The third kappa shape index (κ3) is 3.66. The van der Waals surface area contributed by atoms with Gasteiger partial charge in [-0.15, -0.1) is 0 Å². The first kappa shape index (κ1) is 15.4. The molecule has 19 heavy (non-hydrogen) atoms. The summed E-state index contributed by atoms with van der Waals surface area (Å²) >= 11 is 0. The van der Waals surface area contributed by atoms with E-state index in [1.54, 1.807) is 0 Å². The van der Waals surface area contributed by atoms with Gasteiger partial charge in [-0.05, 0) is 26.7 Å². The number of aromatic nitrogens is 2. The van der Waals surface area contributed by atoms with Crippen LogP contribution in [0.2, 0.25) is 0 Å². The molecule has 1 rings (SSSR count). The van der Waals surface area contributed by atoms with Crippen molar-refractivity contribution in [3.8, 4) is 0 Å². The summed E-state index contributed by atoms with van der Waals surface area (Å²) in [5.41, 5.74) is 2.34. The van der Waals surface area contributed by atoms with Crippen LogP contribution in [0.3, 0.4) is 0 Å². The second-order valence-corrected chi connectivity index (χ2v) is 4.97. The first-order valence-electron chi connectivity index (χ1n) is 6.74. The zero-order valence-electron chi connectivity index (χ0n) is 12.7. The minimum atomic E-state index is 0.0484. The molecule has 5 nitrogen and oxygen atoms in total. The molecule has 0 aliphatic rings. The Bertz CT molecular complexity index is 430. The largest absolute Gasteiger partial charge is 0.347 e. The fraction of sp³-hybridized carbons (Fsp3) is 0.643. The molecule has 0 aliphatic carbocycles. The van der Waals surface area contributed by atoms with Gasteiger partial charge in [-0.2, -0.15) is 0 Å². The van der Waals surface area contributed by atoms with E-state index in [0.717, 1.165) is 29.9 Å². The number of nitrogens with zero attached hydrogens (tertiary/aromatic N) is 3. The zero-order chi connectivity index (χ0) is 14.6. The van der Waals surface area contributed by atoms with Gasteiger partial charge in [-0.25, -0.2) is 9.97 Å². The third-order valence-electron chi connectivity index (χ3n) is 3.26. The summed E-state index contributed by atoms with van der Waals surface area (Å²) in [7, 11) is 3.80. The van der Waals surface area contributed by atoms with Crippen molar-refractivity contribution in [3.05, 3.63) is 11.4 Å². The second-order valence-electron chi connectivity index (χ2n) is 4.97. The molecule has 106 valence electrons. The number of amides is 1. The highest BCUT2D eigenvalue weighted by molar-refractivity contribution is 5.93. The molecule has 0 bridgehead atoms.